The van der Waals surface area contributed by atoms with Crippen molar-refractivity contribution in [1.82, 2.24) is 9.80 Å². The van der Waals surface area contributed by atoms with E-state index in [0.29, 0.717) is 13.0 Å². The fourth-order valence-corrected chi connectivity index (χ4v) is 1.99. The van der Waals surface area contributed by atoms with Crippen molar-refractivity contribution in [2.45, 2.75) is 38.3 Å². The van der Waals surface area contributed by atoms with Crippen LogP contribution in [0.5, 0.6) is 0 Å². The number of carboxylic acid groups (broad SMARTS) is 1. The number of likely N-dealkylation sites (N-methyl/N-ethyl adjacent to an activating group) is 1. The highest BCUT2D eigenvalue weighted by Gasteiger charge is 2.34. The number of carboxylic acids is 1. The smallest absolute Gasteiger partial charge is 0.326 e. The summed E-state index contributed by atoms with van der Waals surface area (Å²) >= 11 is 0. The molecule has 1 aliphatic heterocycles. The Morgan fingerprint density at radius 1 is 1.39 bits per heavy atom. The summed E-state index contributed by atoms with van der Waals surface area (Å²) in [5, 5.41) is 8.87. The molecule has 7 heteroatoms. The quantitative estimate of drug-likeness (QED) is 0.733. The van der Waals surface area contributed by atoms with E-state index < -0.39 is 30.0 Å². The van der Waals surface area contributed by atoms with E-state index in [1.54, 1.807) is 0 Å². The first-order chi connectivity index (χ1) is 8.36. The molecule has 3 amide bonds. The molecule has 0 bridgehead atoms. The molecule has 1 heterocycles. The van der Waals surface area contributed by atoms with Gasteiger partial charge in [0.15, 0.2) is 0 Å². The molecule has 2 unspecified atom stereocenters. The third-order valence-electron chi connectivity index (χ3n) is 3.32. The van der Waals surface area contributed by atoms with Crippen molar-refractivity contribution < 1.29 is 19.5 Å². The van der Waals surface area contributed by atoms with Crippen molar-refractivity contribution in [1.29, 1.82) is 0 Å². The third-order valence-corrected chi connectivity index (χ3v) is 3.32. The largest absolute Gasteiger partial charge is 0.480 e. The van der Waals surface area contributed by atoms with Crippen LogP contribution in [0.3, 0.4) is 0 Å². The summed E-state index contributed by atoms with van der Waals surface area (Å²) in [6.07, 6.45) is 2.18. The van der Waals surface area contributed by atoms with E-state index >= 15 is 0 Å². The van der Waals surface area contributed by atoms with Crippen LogP contribution in [0, 0.1) is 0 Å². The van der Waals surface area contributed by atoms with Crippen molar-refractivity contribution in [3.8, 4) is 0 Å². The molecule has 7 nitrogen and oxygen atoms in total. The average molecular weight is 257 g/mol. The summed E-state index contributed by atoms with van der Waals surface area (Å²) in [5.74, 6) is -1.63. The van der Waals surface area contributed by atoms with E-state index in [0.717, 1.165) is 17.7 Å². The molecular weight excluding hydrogens is 238 g/mol. The van der Waals surface area contributed by atoms with Gasteiger partial charge in [-0.15, -0.1) is 0 Å². The summed E-state index contributed by atoms with van der Waals surface area (Å²) in [5.41, 5.74) is 5.26. The Morgan fingerprint density at radius 3 is 2.50 bits per heavy atom. The third kappa shape index (κ3) is 2.91. The van der Waals surface area contributed by atoms with Crippen molar-refractivity contribution >= 4 is 17.9 Å². The minimum Gasteiger partial charge on any atom is -0.480 e. The molecule has 0 radical (unpaired) electrons. The van der Waals surface area contributed by atoms with E-state index in [2.05, 4.69) is 0 Å². The van der Waals surface area contributed by atoms with Crippen LogP contribution in [-0.2, 0) is 9.59 Å². The van der Waals surface area contributed by atoms with Gasteiger partial charge in [-0.1, -0.05) is 0 Å². The highest BCUT2D eigenvalue weighted by atomic mass is 16.4. The lowest BCUT2D eigenvalue weighted by Crippen LogP contribution is -2.56. The Hall–Kier alpha value is -1.79. The average Bonchev–Trinajstić information content (AvgIpc) is 2.35. The van der Waals surface area contributed by atoms with Crippen molar-refractivity contribution in [3.63, 3.8) is 0 Å². The van der Waals surface area contributed by atoms with Gasteiger partial charge in [0.25, 0.3) is 0 Å². The van der Waals surface area contributed by atoms with Crippen molar-refractivity contribution in [3.05, 3.63) is 0 Å². The molecule has 2 atom stereocenters. The molecule has 0 aromatic heterocycles. The Balaban J connectivity index is 2.80. The summed E-state index contributed by atoms with van der Waals surface area (Å²) in [6.45, 7) is 1.85. The molecule has 0 aromatic rings. The maximum atomic E-state index is 12.1. The predicted molar refractivity (Wildman–Crippen MR) is 63.8 cm³/mol. The molecule has 0 spiro atoms. The molecule has 18 heavy (non-hydrogen) atoms. The fraction of sp³-hybridized carbons (Fsp3) is 0.727. The second-order valence-corrected chi connectivity index (χ2v) is 4.52. The molecule has 1 fully saturated rings. The van der Waals surface area contributed by atoms with Crippen LogP contribution in [0.25, 0.3) is 0 Å². The first kappa shape index (κ1) is 14.3. The lowest BCUT2D eigenvalue weighted by Gasteiger charge is -2.37. The zero-order chi connectivity index (χ0) is 13.9. The SMILES string of the molecule is CC(C(=O)O)N(C)C(=O)N1CCCCC1C(N)=O. The van der Waals surface area contributed by atoms with Gasteiger partial charge in [0, 0.05) is 13.6 Å². The van der Waals surface area contributed by atoms with E-state index in [9.17, 15) is 14.4 Å². The molecule has 1 aliphatic rings. The van der Waals surface area contributed by atoms with Crippen LogP contribution < -0.4 is 5.73 Å². The first-order valence-corrected chi connectivity index (χ1v) is 5.91. The van der Waals surface area contributed by atoms with Crippen LogP contribution in [0.4, 0.5) is 4.79 Å². The second kappa shape index (κ2) is 5.70. The summed E-state index contributed by atoms with van der Waals surface area (Å²) in [4.78, 5) is 36.7. The van der Waals surface area contributed by atoms with Crippen LogP contribution in [0.1, 0.15) is 26.2 Å². The maximum absolute atomic E-state index is 12.1. The van der Waals surface area contributed by atoms with Crippen LogP contribution in [0.2, 0.25) is 0 Å². The highest BCUT2D eigenvalue weighted by Crippen LogP contribution is 2.18. The topological polar surface area (TPSA) is 104 Å². The zero-order valence-corrected chi connectivity index (χ0v) is 10.6. The number of likely N-dealkylation sites (tertiary alicyclic amines) is 1. The van der Waals surface area contributed by atoms with E-state index in [1.807, 2.05) is 0 Å². The van der Waals surface area contributed by atoms with Gasteiger partial charge >= 0.3 is 12.0 Å². The van der Waals surface area contributed by atoms with Gasteiger partial charge in [-0.2, -0.15) is 0 Å². The number of piperidine rings is 1. The number of nitrogens with two attached hydrogens (primary N) is 1. The molecule has 102 valence electrons. The van der Waals surface area contributed by atoms with Gasteiger partial charge in [0.1, 0.15) is 12.1 Å². The lowest BCUT2D eigenvalue weighted by atomic mass is 10.0. The van der Waals surface area contributed by atoms with Gasteiger partial charge < -0.3 is 20.6 Å². The number of carbonyl (C=O) groups excluding carboxylic acids is 2. The number of rotatable bonds is 3. The molecule has 0 aromatic carbocycles. The lowest BCUT2D eigenvalue weighted by molar-refractivity contribution is -0.141. The molecule has 0 aliphatic carbocycles. The monoisotopic (exact) mass is 257 g/mol. The van der Waals surface area contributed by atoms with E-state index in [-0.39, 0.29) is 0 Å². The van der Waals surface area contributed by atoms with Gasteiger partial charge in [-0.3, -0.25) is 4.79 Å². The zero-order valence-electron chi connectivity index (χ0n) is 10.6. The van der Waals surface area contributed by atoms with E-state index in [1.165, 1.54) is 18.9 Å². The summed E-state index contributed by atoms with van der Waals surface area (Å²) < 4.78 is 0. The Labute approximate surface area is 106 Å². The van der Waals surface area contributed by atoms with Crippen LogP contribution >= 0.6 is 0 Å². The molecule has 1 saturated heterocycles. The van der Waals surface area contributed by atoms with Gasteiger partial charge in [-0.25, -0.2) is 9.59 Å². The van der Waals surface area contributed by atoms with Crippen LogP contribution in [-0.4, -0.2) is 58.5 Å². The summed E-state index contributed by atoms with van der Waals surface area (Å²) in [7, 11) is 1.41. The number of carbonyl (C=O) groups is 3. The summed E-state index contributed by atoms with van der Waals surface area (Å²) in [6, 6.07) is -2.03. The Bertz CT molecular complexity index is 358. The van der Waals surface area contributed by atoms with Gasteiger partial charge in [0.05, 0.1) is 0 Å². The molecule has 1 rings (SSSR count). The molecule has 3 N–H and O–H groups in total. The predicted octanol–water partition coefficient (Wildman–Crippen LogP) is -0.149. The second-order valence-electron chi connectivity index (χ2n) is 4.52. The molecule has 0 saturated carbocycles. The van der Waals surface area contributed by atoms with Crippen molar-refractivity contribution in [2.75, 3.05) is 13.6 Å². The number of amides is 3. The minimum absolute atomic E-state index is 0.434. The number of nitrogens with zero attached hydrogens (tertiary/aromatic N) is 2. The number of primary amides is 1. The molecular formula is C11H19N3O4. The van der Waals surface area contributed by atoms with Crippen LogP contribution in [0.15, 0.2) is 0 Å². The number of urea groups is 1. The number of hydrogen-bond acceptors (Lipinski definition) is 3. The first-order valence-electron chi connectivity index (χ1n) is 5.91. The number of hydrogen-bond donors (Lipinski definition) is 2. The normalized spacial score (nSPS) is 21.2. The standard InChI is InChI=1S/C11H19N3O4/c1-7(10(16)17)13(2)11(18)14-6-4-3-5-8(14)9(12)15/h7-8H,3-6H2,1-2H3,(H2,12,15)(H,16,17). The minimum atomic E-state index is -1.08. The van der Waals surface area contributed by atoms with Crippen molar-refractivity contribution in [2.24, 2.45) is 5.73 Å². The Morgan fingerprint density at radius 2 is 2.00 bits per heavy atom. The Kier molecular flexibility index (Phi) is 4.52. The van der Waals surface area contributed by atoms with Gasteiger partial charge in [0.2, 0.25) is 5.91 Å². The van der Waals surface area contributed by atoms with Gasteiger partial charge in [-0.05, 0) is 26.2 Å². The maximum Gasteiger partial charge on any atom is 0.326 e. The fourth-order valence-electron chi connectivity index (χ4n) is 1.99. The highest BCUT2D eigenvalue weighted by molar-refractivity contribution is 5.88. The number of aliphatic carboxylic acids is 1. The van der Waals surface area contributed by atoms with E-state index in [4.69, 9.17) is 10.8 Å².